The summed E-state index contributed by atoms with van der Waals surface area (Å²) in [6.45, 7) is 4.91. The van der Waals surface area contributed by atoms with Crippen LogP contribution in [0.5, 0.6) is 0 Å². The van der Waals surface area contributed by atoms with E-state index in [-0.39, 0.29) is 13.2 Å². The Morgan fingerprint density at radius 2 is 1.88 bits per heavy atom. The highest BCUT2D eigenvalue weighted by Crippen LogP contribution is 2.11. The lowest BCUT2D eigenvalue weighted by Gasteiger charge is -2.21. The van der Waals surface area contributed by atoms with Crippen molar-refractivity contribution >= 4 is 17.8 Å². The van der Waals surface area contributed by atoms with Gasteiger partial charge in [0.25, 0.3) is 0 Å². The van der Waals surface area contributed by atoms with Gasteiger partial charge in [0.05, 0.1) is 12.0 Å². The predicted molar refractivity (Wildman–Crippen MR) is 60.6 cm³/mol. The molecular weight excluding hydrogens is 226 g/mol. The molecule has 1 unspecified atom stereocenters. The van der Waals surface area contributed by atoms with Gasteiger partial charge in [-0.3, -0.25) is 9.59 Å². The van der Waals surface area contributed by atoms with Gasteiger partial charge in [-0.1, -0.05) is 0 Å². The molecule has 2 amide bonds. The Hall–Kier alpha value is -1.63. The monoisotopic (exact) mass is 245 g/mol. The largest absolute Gasteiger partial charge is 0.464 e. The standard InChI is InChI=1S/C10H19N3O4/c1-4-17-8(15)6(11)7(14)13-5-10(2,3)9(12)16/h6H,4-5,11H2,1-3H3,(H2,12,16)(H,13,14). The summed E-state index contributed by atoms with van der Waals surface area (Å²) in [6.07, 6.45) is 0. The molecule has 5 N–H and O–H groups in total. The second-order valence-electron chi connectivity index (χ2n) is 4.20. The molecule has 98 valence electrons. The molecule has 0 saturated carbocycles. The van der Waals surface area contributed by atoms with E-state index >= 15 is 0 Å². The summed E-state index contributed by atoms with van der Waals surface area (Å²) in [6, 6.07) is -1.39. The lowest BCUT2D eigenvalue weighted by molar-refractivity contribution is -0.148. The maximum absolute atomic E-state index is 11.4. The third-order valence-corrected chi connectivity index (χ3v) is 2.19. The Kier molecular flexibility index (Phi) is 5.60. The van der Waals surface area contributed by atoms with Crippen LogP contribution in [0, 0.1) is 5.41 Å². The van der Waals surface area contributed by atoms with Crippen LogP contribution in [0.1, 0.15) is 20.8 Å². The molecule has 7 nitrogen and oxygen atoms in total. The fourth-order valence-electron chi connectivity index (χ4n) is 0.844. The average Bonchev–Trinajstić information content (AvgIpc) is 2.25. The van der Waals surface area contributed by atoms with Crippen LogP contribution >= 0.6 is 0 Å². The number of hydrogen-bond acceptors (Lipinski definition) is 5. The SMILES string of the molecule is CCOC(=O)C(N)C(=O)NCC(C)(C)C(N)=O. The van der Waals surface area contributed by atoms with Crippen molar-refractivity contribution in [3.8, 4) is 0 Å². The van der Waals surface area contributed by atoms with E-state index in [9.17, 15) is 14.4 Å². The first kappa shape index (κ1) is 15.4. The highest BCUT2D eigenvalue weighted by Gasteiger charge is 2.28. The summed E-state index contributed by atoms with van der Waals surface area (Å²) in [5.74, 6) is -2.05. The summed E-state index contributed by atoms with van der Waals surface area (Å²) >= 11 is 0. The third kappa shape index (κ3) is 4.81. The minimum absolute atomic E-state index is 0.00821. The molecule has 17 heavy (non-hydrogen) atoms. The molecule has 0 radical (unpaired) electrons. The average molecular weight is 245 g/mol. The Morgan fingerprint density at radius 1 is 1.35 bits per heavy atom. The van der Waals surface area contributed by atoms with Crippen molar-refractivity contribution < 1.29 is 19.1 Å². The highest BCUT2D eigenvalue weighted by molar-refractivity contribution is 6.01. The Labute approximate surface area is 99.9 Å². The van der Waals surface area contributed by atoms with Crippen molar-refractivity contribution in [2.24, 2.45) is 16.9 Å². The number of primary amides is 1. The van der Waals surface area contributed by atoms with E-state index in [4.69, 9.17) is 11.5 Å². The first-order valence-electron chi connectivity index (χ1n) is 5.22. The molecular formula is C10H19N3O4. The lowest BCUT2D eigenvalue weighted by atomic mass is 9.93. The van der Waals surface area contributed by atoms with Gasteiger partial charge >= 0.3 is 5.97 Å². The summed E-state index contributed by atoms with van der Waals surface area (Å²) < 4.78 is 4.59. The topological polar surface area (TPSA) is 125 Å². The van der Waals surface area contributed by atoms with E-state index in [0.717, 1.165) is 0 Å². The molecule has 7 heteroatoms. The normalized spacial score (nSPS) is 12.7. The number of hydrogen-bond donors (Lipinski definition) is 3. The molecule has 1 atom stereocenters. The fourth-order valence-corrected chi connectivity index (χ4v) is 0.844. The van der Waals surface area contributed by atoms with Crippen molar-refractivity contribution in [3.05, 3.63) is 0 Å². The number of carbonyl (C=O) groups excluding carboxylic acids is 3. The van der Waals surface area contributed by atoms with Gasteiger partial charge in [-0.15, -0.1) is 0 Å². The second kappa shape index (κ2) is 6.19. The van der Waals surface area contributed by atoms with Crippen LogP contribution in [0.15, 0.2) is 0 Å². The number of carbonyl (C=O) groups is 3. The summed E-state index contributed by atoms with van der Waals surface area (Å²) in [7, 11) is 0. The number of esters is 1. The first-order valence-corrected chi connectivity index (χ1v) is 5.22. The van der Waals surface area contributed by atoms with E-state index in [0.29, 0.717) is 0 Å². The molecule has 0 aliphatic rings. The fraction of sp³-hybridized carbons (Fsp3) is 0.700. The number of nitrogens with two attached hydrogens (primary N) is 2. The van der Waals surface area contributed by atoms with E-state index < -0.39 is 29.2 Å². The maximum atomic E-state index is 11.4. The second-order valence-corrected chi connectivity index (χ2v) is 4.20. The van der Waals surface area contributed by atoms with E-state index in [1.807, 2.05) is 0 Å². The van der Waals surface area contributed by atoms with Gasteiger partial charge in [0.15, 0.2) is 6.04 Å². The molecule has 0 rings (SSSR count). The van der Waals surface area contributed by atoms with E-state index in [1.165, 1.54) is 0 Å². The van der Waals surface area contributed by atoms with Crippen molar-refractivity contribution in [1.29, 1.82) is 0 Å². The van der Waals surface area contributed by atoms with Gasteiger partial charge < -0.3 is 21.5 Å². The van der Waals surface area contributed by atoms with Crippen LogP contribution in [0.3, 0.4) is 0 Å². The van der Waals surface area contributed by atoms with Gasteiger partial charge in [-0.25, -0.2) is 4.79 Å². The minimum atomic E-state index is -1.39. The van der Waals surface area contributed by atoms with Crippen LogP contribution < -0.4 is 16.8 Å². The smallest absolute Gasteiger partial charge is 0.332 e. The maximum Gasteiger partial charge on any atom is 0.332 e. The molecule has 0 spiro atoms. The van der Waals surface area contributed by atoms with Crippen LogP contribution in [0.4, 0.5) is 0 Å². The molecule has 0 aromatic heterocycles. The minimum Gasteiger partial charge on any atom is -0.464 e. The van der Waals surface area contributed by atoms with Crippen LogP contribution in [-0.2, 0) is 19.1 Å². The number of ether oxygens (including phenoxy) is 1. The van der Waals surface area contributed by atoms with Crippen molar-refractivity contribution in [1.82, 2.24) is 5.32 Å². The lowest BCUT2D eigenvalue weighted by Crippen LogP contribution is -2.50. The Balaban J connectivity index is 4.28. The molecule has 0 aliphatic carbocycles. The van der Waals surface area contributed by atoms with Gasteiger partial charge in [-0.05, 0) is 20.8 Å². The predicted octanol–water partition coefficient (Wildman–Crippen LogP) is -1.50. The number of rotatable bonds is 6. The van der Waals surface area contributed by atoms with Gasteiger partial charge in [0, 0.05) is 6.54 Å². The highest BCUT2D eigenvalue weighted by atomic mass is 16.5. The van der Waals surface area contributed by atoms with Gasteiger partial charge in [0.2, 0.25) is 11.8 Å². The van der Waals surface area contributed by atoms with E-state index in [1.54, 1.807) is 20.8 Å². The van der Waals surface area contributed by atoms with Gasteiger partial charge in [0.1, 0.15) is 0 Å². The van der Waals surface area contributed by atoms with Crippen molar-refractivity contribution in [3.63, 3.8) is 0 Å². The van der Waals surface area contributed by atoms with Crippen LogP contribution in [0.25, 0.3) is 0 Å². The zero-order valence-corrected chi connectivity index (χ0v) is 10.3. The summed E-state index contributed by atoms with van der Waals surface area (Å²) in [5, 5.41) is 2.38. The van der Waals surface area contributed by atoms with Gasteiger partial charge in [-0.2, -0.15) is 0 Å². The van der Waals surface area contributed by atoms with E-state index in [2.05, 4.69) is 10.1 Å². The zero-order valence-electron chi connectivity index (χ0n) is 10.3. The Bertz CT molecular complexity index is 315. The molecule has 0 aromatic carbocycles. The Morgan fingerprint density at radius 3 is 2.29 bits per heavy atom. The summed E-state index contributed by atoms with van der Waals surface area (Å²) in [5.41, 5.74) is 9.58. The summed E-state index contributed by atoms with van der Waals surface area (Å²) in [4.78, 5) is 33.6. The molecule has 0 bridgehead atoms. The molecule has 0 aromatic rings. The molecule has 0 heterocycles. The van der Waals surface area contributed by atoms with Crippen molar-refractivity contribution in [2.75, 3.05) is 13.2 Å². The first-order chi connectivity index (χ1) is 7.72. The molecule has 0 aliphatic heterocycles. The van der Waals surface area contributed by atoms with Crippen LogP contribution in [0.2, 0.25) is 0 Å². The van der Waals surface area contributed by atoms with Crippen LogP contribution in [-0.4, -0.2) is 37.0 Å². The quantitative estimate of drug-likeness (QED) is 0.388. The van der Waals surface area contributed by atoms with Crippen molar-refractivity contribution in [2.45, 2.75) is 26.8 Å². The third-order valence-electron chi connectivity index (χ3n) is 2.19. The number of amides is 2. The zero-order chi connectivity index (χ0) is 13.6. The molecule has 0 fully saturated rings. The number of nitrogens with one attached hydrogen (secondary N) is 1. The molecule has 0 saturated heterocycles.